The first-order valence-corrected chi connectivity index (χ1v) is 6.46. The van der Waals surface area contributed by atoms with E-state index < -0.39 is 0 Å². The van der Waals surface area contributed by atoms with E-state index in [1.807, 2.05) is 12.1 Å². The van der Waals surface area contributed by atoms with Crippen molar-refractivity contribution in [2.75, 3.05) is 7.11 Å². The summed E-state index contributed by atoms with van der Waals surface area (Å²) in [4.78, 5) is 4.19. The zero-order chi connectivity index (χ0) is 13.7. The predicted molar refractivity (Wildman–Crippen MR) is 77.2 cm³/mol. The summed E-state index contributed by atoms with van der Waals surface area (Å²) in [5, 5.41) is 3.44. The molecule has 3 heteroatoms. The average molecular weight is 256 g/mol. The number of nitrogens with one attached hydrogen (secondary N) is 1. The third kappa shape index (κ3) is 3.32. The topological polar surface area (TPSA) is 34.1 Å². The zero-order valence-corrected chi connectivity index (χ0v) is 11.7. The first-order valence-electron chi connectivity index (χ1n) is 6.46. The zero-order valence-electron chi connectivity index (χ0n) is 11.7. The number of nitrogens with zero attached hydrogens (tertiary/aromatic N) is 1. The van der Waals surface area contributed by atoms with Crippen LogP contribution in [0.3, 0.4) is 0 Å². The maximum absolute atomic E-state index is 5.24. The van der Waals surface area contributed by atoms with E-state index in [2.05, 4.69) is 42.3 Å². The molecule has 1 aromatic heterocycles. The van der Waals surface area contributed by atoms with Gasteiger partial charge in [0.1, 0.15) is 0 Å². The van der Waals surface area contributed by atoms with E-state index in [1.165, 1.54) is 16.7 Å². The molecule has 0 saturated heterocycles. The van der Waals surface area contributed by atoms with Crippen molar-refractivity contribution in [3.63, 3.8) is 0 Å². The summed E-state index contributed by atoms with van der Waals surface area (Å²) >= 11 is 0. The summed E-state index contributed by atoms with van der Waals surface area (Å²) in [6.45, 7) is 5.91. The fraction of sp³-hybridized carbons (Fsp3) is 0.312. The summed E-state index contributed by atoms with van der Waals surface area (Å²) < 4.78 is 5.24. The second kappa shape index (κ2) is 6.34. The molecule has 3 nitrogen and oxygen atoms in total. The van der Waals surface area contributed by atoms with Gasteiger partial charge in [-0.05, 0) is 36.6 Å². The van der Waals surface area contributed by atoms with Crippen LogP contribution in [0.5, 0.6) is 5.88 Å². The van der Waals surface area contributed by atoms with Crippen molar-refractivity contribution in [1.82, 2.24) is 10.3 Å². The molecule has 19 heavy (non-hydrogen) atoms. The maximum atomic E-state index is 5.24. The van der Waals surface area contributed by atoms with E-state index in [0.717, 1.165) is 18.7 Å². The van der Waals surface area contributed by atoms with Crippen LogP contribution in [-0.4, -0.2) is 12.1 Å². The van der Waals surface area contributed by atoms with Crippen molar-refractivity contribution in [1.29, 1.82) is 0 Å². The van der Waals surface area contributed by atoms with Gasteiger partial charge in [0, 0.05) is 24.8 Å². The highest BCUT2D eigenvalue weighted by Crippen LogP contribution is 2.15. The van der Waals surface area contributed by atoms with Gasteiger partial charge in [0.25, 0.3) is 0 Å². The molecule has 1 heterocycles. The highest BCUT2D eigenvalue weighted by atomic mass is 16.5. The third-order valence-electron chi connectivity index (χ3n) is 3.39. The summed E-state index contributed by atoms with van der Waals surface area (Å²) in [5.41, 5.74) is 5.10. The van der Waals surface area contributed by atoms with Gasteiger partial charge in [-0.25, -0.2) is 4.98 Å². The van der Waals surface area contributed by atoms with E-state index in [0.29, 0.717) is 5.88 Å². The number of hydrogen-bond acceptors (Lipinski definition) is 3. The Morgan fingerprint density at radius 2 is 1.79 bits per heavy atom. The molecule has 0 spiro atoms. The van der Waals surface area contributed by atoms with Crippen molar-refractivity contribution in [2.45, 2.75) is 26.9 Å². The van der Waals surface area contributed by atoms with Crippen LogP contribution in [0.4, 0.5) is 0 Å². The Morgan fingerprint density at radius 1 is 1.05 bits per heavy atom. The van der Waals surface area contributed by atoms with Crippen LogP contribution in [0.2, 0.25) is 0 Å². The molecular formula is C16H20N2O. The molecule has 0 saturated carbocycles. The fourth-order valence-electron chi connectivity index (χ4n) is 2.08. The average Bonchev–Trinajstić information content (AvgIpc) is 2.44. The lowest BCUT2D eigenvalue weighted by Gasteiger charge is -2.11. The van der Waals surface area contributed by atoms with Crippen LogP contribution in [0, 0.1) is 13.8 Å². The number of benzene rings is 1. The molecule has 2 rings (SSSR count). The number of methoxy groups -OCH3 is 1. The Balaban J connectivity index is 1.98. The molecule has 0 radical (unpaired) electrons. The molecule has 0 aliphatic carbocycles. The van der Waals surface area contributed by atoms with E-state index >= 15 is 0 Å². The molecule has 0 atom stereocenters. The van der Waals surface area contributed by atoms with Crippen molar-refractivity contribution in [3.8, 4) is 5.88 Å². The van der Waals surface area contributed by atoms with Crippen molar-refractivity contribution in [3.05, 3.63) is 58.8 Å². The number of hydrogen-bond donors (Lipinski definition) is 1. The Hall–Kier alpha value is -1.87. The summed E-state index contributed by atoms with van der Waals surface area (Å²) in [7, 11) is 1.65. The smallest absolute Gasteiger partial charge is 0.217 e. The molecule has 0 aliphatic rings. The predicted octanol–water partition coefficient (Wildman–Crippen LogP) is 3.00. The van der Waals surface area contributed by atoms with Gasteiger partial charge in [0.05, 0.1) is 7.11 Å². The maximum Gasteiger partial charge on any atom is 0.217 e. The largest absolute Gasteiger partial charge is 0.481 e. The molecule has 2 aromatic rings. The molecule has 100 valence electrons. The van der Waals surface area contributed by atoms with E-state index in [4.69, 9.17) is 4.74 Å². The second-order valence-corrected chi connectivity index (χ2v) is 4.63. The highest BCUT2D eigenvalue weighted by molar-refractivity contribution is 5.33. The summed E-state index contributed by atoms with van der Waals surface area (Å²) in [6.07, 6.45) is 1.74. The molecule has 1 aromatic carbocycles. The standard InChI is InChI=1S/C16H20N2O/c1-12-6-4-7-14(13(12)2)10-17-11-15-8-5-9-18-16(15)19-3/h4-9,17H,10-11H2,1-3H3. The Kier molecular flexibility index (Phi) is 4.53. The highest BCUT2D eigenvalue weighted by Gasteiger charge is 2.04. The second-order valence-electron chi connectivity index (χ2n) is 4.63. The van der Waals surface area contributed by atoms with Crippen LogP contribution in [0.15, 0.2) is 36.5 Å². The van der Waals surface area contributed by atoms with Gasteiger partial charge in [-0.1, -0.05) is 24.3 Å². The van der Waals surface area contributed by atoms with Crippen LogP contribution < -0.4 is 10.1 Å². The molecule has 1 N–H and O–H groups in total. The molecular weight excluding hydrogens is 236 g/mol. The lowest BCUT2D eigenvalue weighted by atomic mass is 10.0. The lowest BCUT2D eigenvalue weighted by Crippen LogP contribution is -2.14. The number of ether oxygens (including phenoxy) is 1. The Bertz CT molecular complexity index is 552. The van der Waals surface area contributed by atoms with E-state index in [9.17, 15) is 0 Å². The molecule has 0 fully saturated rings. The van der Waals surface area contributed by atoms with Crippen molar-refractivity contribution in [2.24, 2.45) is 0 Å². The quantitative estimate of drug-likeness (QED) is 0.893. The van der Waals surface area contributed by atoms with Crippen molar-refractivity contribution >= 4 is 0 Å². The monoisotopic (exact) mass is 256 g/mol. The normalized spacial score (nSPS) is 10.5. The Morgan fingerprint density at radius 3 is 2.58 bits per heavy atom. The van der Waals surface area contributed by atoms with Crippen LogP contribution >= 0.6 is 0 Å². The van der Waals surface area contributed by atoms with E-state index in [-0.39, 0.29) is 0 Å². The minimum absolute atomic E-state index is 0.691. The lowest BCUT2D eigenvalue weighted by molar-refractivity contribution is 0.390. The van der Waals surface area contributed by atoms with Gasteiger partial charge < -0.3 is 10.1 Å². The number of rotatable bonds is 5. The van der Waals surface area contributed by atoms with Crippen molar-refractivity contribution < 1.29 is 4.74 Å². The molecule has 0 aliphatic heterocycles. The fourth-order valence-corrected chi connectivity index (χ4v) is 2.08. The molecule has 0 unspecified atom stereocenters. The van der Waals surface area contributed by atoms with Gasteiger partial charge in [-0.3, -0.25) is 0 Å². The van der Waals surface area contributed by atoms with Gasteiger partial charge in [0.2, 0.25) is 5.88 Å². The molecule has 0 amide bonds. The van der Waals surface area contributed by atoms with Crippen LogP contribution in [-0.2, 0) is 13.1 Å². The Labute approximate surface area is 114 Å². The summed E-state index contributed by atoms with van der Waals surface area (Å²) in [6, 6.07) is 10.4. The minimum atomic E-state index is 0.691. The number of pyridine rings is 1. The van der Waals surface area contributed by atoms with Crippen LogP contribution in [0.1, 0.15) is 22.3 Å². The van der Waals surface area contributed by atoms with Gasteiger partial charge in [0.15, 0.2) is 0 Å². The van der Waals surface area contributed by atoms with Gasteiger partial charge in [-0.15, -0.1) is 0 Å². The third-order valence-corrected chi connectivity index (χ3v) is 3.39. The van der Waals surface area contributed by atoms with Gasteiger partial charge >= 0.3 is 0 Å². The minimum Gasteiger partial charge on any atom is -0.481 e. The first-order chi connectivity index (χ1) is 9.22. The van der Waals surface area contributed by atoms with E-state index in [1.54, 1.807) is 13.3 Å². The first kappa shape index (κ1) is 13.6. The SMILES string of the molecule is COc1ncccc1CNCc1cccc(C)c1C. The number of aryl methyl sites for hydroxylation is 1. The molecule has 0 bridgehead atoms. The summed E-state index contributed by atoms with van der Waals surface area (Å²) in [5.74, 6) is 0.691. The van der Waals surface area contributed by atoms with Crippen LogP contribution in [0.25, 0.3) is 0 Å². The number of aromatic nitrogens is 1. The van der Waals surface area contributed by atoms with Gasteiger partial charge in [-0.2, -0.15) is 0 Å².